The van der Waals surface area contributed by atoms with E-state index in [0.717, 1.165) is 12.8 Å². The fourth-order valence-electron chi connectivity index (χ4n) is 2.56. The van der Waals surface area contributed by atoms with Crippen molar-refractivity contribution in [3.05, 3.63) is 0 Å². The summed E-state index contributed by atoms with van der Waals surface area (Å²) in [5.41, 5.74) is -2.26. The van der Waals surface area contributed by atoms with E-state index in [1.54, 1.807) is 6.92 Å². The van der Waals surface area contributed by atoms with Gasteiger partial charge in [-0.1, -0.05) is 12.8 Å². The van der Waals surface area contributed by atoms with E-state index in [1.807, 2.05) is 0 Å². The lowest BCUT2D eigenvalue weighted by Gasteiger charge is -2.36. The third-order valence-corrected chi connectivity index (χ3v) is 5.69. The van der Waals surface area contributed by atoms with Crippen LogP contribution in [-0.4, -0.2) is 30.6 Å². The highest BCUT2D eigenvalue weighted by atomic mass is 32.2. The number of aliphatic hydroxyl groups is 1. The van der Waals surface area contributed by atoms with Crippen molar-refractivity contribution in [1.82, 2.24) is 0 Å². The van der Waals surface area contributed by atoms with E-state index in [4.69, 9.17) is 0 Å². The number of hydrogen-bond donors (Lipinski definition) is 1. The lowest BCUT2D eigenvalue weighted by Crippen LogP contribution is -2.46. The molecule has 1 saturated carbocycles. The molecule has 90 valence electrons. The van der Waals surface area contributed by atoms with Crippen molar-refractivity contribution in [1.29, 1.82) is 5.26 Å². The third kappa shape index (κ3) is 1.96. The van der Waals surface area contributed by atoms with E-state index >= 15 is 0 Å². The van der Waals surface area contributed by atoms with Crippen LogP contribution in [0.25, 0.3) is 0 Å². The summed E-state index contributed by atoms with van der Waals surface area (Å²) >= 11 is 0. The molecule has 0 aromatic carbocycles. The Bertz CT molecular complexity index is 431. The van der Waals surface area contributed by atoms with E-state index in [2.05, 4.69) is 6.07 Å². The summed E-state index contributed by atoms with van der Waals surface area (Å²) in [7, 11) is -3.15. The number of hydrogen-bond acceptors (Lipinski definition) is 4. The Hall–Kier alpha value is -0.600. The molecule has 0 bridgehead atoms. The lowest BCUT2D eigenvalue weighted by atomic mass is 9.71. The summed E-state index contributed by atoms with van der Waals surface area (Å²) in [4.78, 5) is 0. The predicted molar refractivity (Wildman–Crippen MR) is 59.3 cm³/mol. The minimum Gasteiger partial charge on any atom is -0.388 e. The summed E-state index contributed by atoms with van der Waals surface area (Å²) in [6.45, 7) is 1.62. The number of sulfone groups is 1. The van der Waals surface area contributed by atoms with Crippen molar-refractivity contribution in [3.63, 3.8) is 0 Å². The average Bonchev–Trinajstić information content (AvgIpc) is 2.88. The molecule has 1 N–H and O–H groups in total. The second-order valence-corrected chi connectivity index (χ2v) is 7.64. The summed E-state index contributed by atoms with van der Waals surface area (Å²) in [6.07, 6.45) is 3.00. The zero-order valence-electron chi connectivity index (χ0n) is 9.44. The van der Waals surface area contributed by atoms with E-state index in [1.165, 1.54) is 0 Å². The molecule has 4 nitrogen and oxygen atoms in total. The Morgan fingerprint density at radius 3 is 2.56 bits per heavy atom. The van der Waals surface area contributed by atoms with E-state index in [9.17, 15) is 18.8 Å². The monoisotopic (exact) mass is 243 g/mol. The summed E-state index contributed by atoms with van der Waals surface area (Å²) in [6, 6.07) is 2.08. The smallest absolute Gasteiger partial charge is 0.152 e. The first-order valence-electron chi connectivity index (χ1n) is 5.64. The van der Waals surface area contributed by atoms with Crippen LogP contribution in [0.15, 0.2) is 0 Å². The van der Waals surface area contributed by atoms with Crippen LogP contribution < -0.4 is 0 Å². The van der Waals surface area contributed by atoms with Gasteiger partial charge in [0.15, 0.2) is 9.84 Å². The Kier molecular flexibility index (Phi) is 2.56. The molecule has 1 saturated heterocycles. The third-order valence-electron chi connectivity index (χ3n) is 3.93. The fraction of sp³-hybridized carbons (Fsp3) is 0.909. The standard InChI is InChI=1S/C11H17NO3S/c1-10(13,6-9-2-3-9)11(7-12)4-5-16(14,15)8-11/h9,13H,2-6,8H2,1H3. The normalized spacial score (nSPS) is 36.6. The summed E-state index contributed by atoms with van der Waals surface area (Å²) in [5, 5.41) is 19.7. The molecule has 2 fully saturated rings. The van der Waals surface area contributed by atoms with Gasteiger partial charge in [-0.2, -0.15) is 5.26 Å². The topological polar surface area (TPSA) is 78.2 Å². The molecule has 0 spiro atoms. The maximum atomic E-state index is 11.5. The van der Waals surface area contributed by atoms with Crippen molar-refractivity contribution >= 4 is 9.84 Å². The highest BCUT2D eigenvalue weighted by Gasteiger charge is 2.55. The molecule has 2 atom stereocenters. The quantitative estimate of drug-likeness (QED) is 0.797. The van der Waals surface area contributed by atoms with Gasteiger partial charge >= 0.3 is 0 Å². The van der Waals surface area contributed by atoms with Gasteiger partial charge in [-0.3, -0.25) is 0 Å². The van der Waals surface area contributed by atoms with Crippen LogP contribution >= 0.6 is 0 Å². The van der Waals surface area contributed by atoms with Gasteiger partial charge in [0.25, 0.3) is 0 Å². The fourth-order valence-corrected chi connectivity index (χ4v) is 4.64. The van der Waals surface area contributed by atoms with Gasteiger partial charge in [0.05, 0.1) is 23.2 Å². The Morgan fingerprint density at radius 2 is 2.19 bits per heavy atom. The molecule has 1 heterocycles. The van der Waals surface area contributed by atoms with Crippen LogP contribution in [0.4, 0.5) is 0 Å². The zero-order chi connectivity index (χ0) is 12.0. The molecule has 0 aromatic heterocycles. The first kappa shape index (κ1) is 11.9. The minimum atomic E-state index is -3.15. The molecule has 1 aliphatic heterocycles. The van der Waals surface area contributed by atoms with E-state index in [-0.39, 0.29) is 17.9 Å². The second-order valence-electron chi connectivity index (χ2n) is 5.46. The van der Waals surface area contributed by atoms with Gasteiger partial charge < -0.3 is 5.11 Å². The highest BCUT2D eigenvalue weighted by Crippen LogP contribution is 2.48. The molecule has 0 amide bonds. The van der Waals surface area contributed by atoms with Gasteiger partial charge in [0.1, 0.15) is 5.41 Å². The molecule has 0 radical (unpaired) electrons. The van der Waals surface area contributed by atoms with Crippen molar-refractivity contribution in [2.45, 2.75) is 38.2 Å². The van der Waals surface area contributed by atoms with Crippen molar-refractivity contribution in [2.75, 3.05) is 11.5 Å². The number of rotatable bonds is 3. The Balaban J connectivity index is 2.24. The van der Waals surface area contributed by atoms with Crippen LogP contribution in [0, 0.1) is 22.7 Å². The van der Waals surface area contributed by atoms with Gasteiger partial charge in [0, 0.05) is 0 Å². The van der Waals surface area contributed by atoms with Gasteiger partial charge in [-0.05, 0) is 25.7 Å². The van der Waals surface area contributed by atoms with Crippen LogP contribution in [0.2, 0.25) is 0 Å². The van der Waals surface area contributed by atoms with Crippen molar-refractivity contribution < 1.29 is 13.5 Å². The Morgan fingerprint density at radius 1 is 1.56 bits per heavy atom. The molecule has 0 aromatic rings. The van der Waals surface area contributed by atoms with E-state index < -0.39 is 20.9 Å². The first-order valence-corrected chi connectivity index (χ1v) is 7.46. The van der Waals surface area contributed by atoms with Gasteiger partial charge in [-0.15, -0.1) is 0 Å². The van der Waals surface area contributed by atoms with Crippen molar-refractivity contribution in [2.24, 2.45) is 11.3 Å². The number of nitrogens with zero attached hydrogens (tertiary/aromatic N) is 1. The lowest BCUT2D eigenvalue weighted by molar-refractivity contribution is -0.0383. The zero-order valence-corrected chi connectivity index (χ0v) is 10.3. The SMILES string of the molecule is CC(O)(CC1CC1)C1(C#N)CCS(=O)(=O)C1. The molecule has 2 unspecified atom stereocenters. The van der Waals surface area contributed by atoms with Crippen LogP contribution in [0.5, 0.6) is 0 Å². The minimum absolute atomic E-state index is 0.0291. The predicted octanol–water partition coefficient (Wildman–Crippen LogP) is 0.866. The van der Waals surface area contributed by atoms with Crippen LogP contribution in [0.1, 0.15) is 32.6 Å². The average molecular weight is 243 g/mol. The maximum absolute atomic E-state index is 11.5. The molecule has 16 heavy (non-hydrogen) atoms. The second kappa shape index (κ2) is 3.44. The largest absolute Gasteiger partial charge is 0.388 e. The molecular formula is C11H17NO3S. The van der Waals surface area contributed by atoms with Crippen molar-refractivity contribution in [3.8, 4) is 6.07 Å². The maximum Gasteiger partial charge on any atom is 0.152 e. The summed E-state index contributed by atoms with van der Waals surface area (Å²) in [5.74, 6) is 0.320. The van der Waals surface area contributed by atoms with Gasteiger partial charge in [-0.25, -0.2) is 8.42 Å². The summed E-state index contributed by atoms with van der Waals surface area (Å²) < 4.78 is 23.0. The van der Waals surface area contributed by atoms with Crippen LogP contribution in [0.3, 0.4) is 0 Å². The van der Waals surface area contributed by atoms with Gasteiger partial charge in [0.2, 0.25) is 0 Å². The molecule has 2 rings (SSSR count). The Labute approximate surface area is 96.2 Å². The molecule has 2 aliphatic rings. The first-order chi connectivity index (χ1) is 7.30. The van der Waals surface area contributed by atoms with Crippen LogP contribution in [-0.2, 0) is 9.84 Å². The van der Waals surface area contributed by atoms with E-state index in [0.29, 0.717) is 12.3 Å². The number of nitriles is 1. The molecule has 5 heteroatoms. The highest BCUT2D eigenvalue weighted by molar-refractivity contribution is 7.91. The molecular weight excluding hydrogens is 226 g/mol. The molecule has 1 aliphatic carbocycles.